The van der Waals surface area contributed by atoms with Gasteiger partial charge in [0.05, 0.1) is 17.4 Å². The number of nitrogens with zero attached hydrogens (tertiary/aromatic N) is 2. The fourth-order valence-corrected chi connectivity index (χ4v) is 2.40. The van der Waals surface area contributed by atoms with Crippen LogP contribution in [0.1, 0.15) is 39.5 Å². The van der Waals surface area contributed by atoms with E-state index in [1.54, 1.807) is 13.2 Å². The van der Waals surface area contributed by atoms with Gasteiger partial charge in [-0.1, -0.05) is 0 Å². The highest BCUT2D eigenvalue weighted by Crippen LogP contribution is 2.45. The van der Waals surface area contributed by atoms with Crippen LogP contribution in [0.15, 0.2) is 18.3 Å². The summed E-state index contributed by atoms with van der Waals surface area (Å²) in [5.74, 6) is -0.313. The predicted octanol–water partition coefficient (Wildman–Crippen LogP) is 3.32. The Hall–Kier alpha value is -1.46. The molecule has 2 aromatic rings. The lowest BCUT2D eigenvalue weighted by Crippen LogP contribution is -2.41. The van der Waals surface area contributed by atoms with Crippen LogP contribution in [0.25, 0.3) is 10.9 Å². The number of aryl methyl sites for hydroxylation is 1. The van der Waals surface area contributed by atoms with E-state index in [2.05, 4.69) is 5.10 Å². The van der Waals surface area contributed by atoms with Crippen LogP contribution in [-0.4, -0.2) is 21.0 Å². The Morgan fingerprint density at radius 2 is 1.75 bits per heavy atom. The van der Waals surface area contributed by atoms with Gasteiger partial charge in [-0.25, -0.2) is 4.39 Å². The summed E-state index contributed by atoms with van der Waals surface area (Å²) in [6.07, 6.45) is 1.09. The summed E-state index contributed by atoms with van der Waals surface area (Å²) in [6, 6.07) is 3.33. The van der Waals surface area contributed by atoms with Gasteiger partial charge in [-0.3, -0.25) is 4.68 Å². The molecular formula is C15H19FN2O2. The second-order valence-electron chi connectivity index (χ2n) is 6.30. The minimum atomic E-state index is -0.556. The molecule has 1 saturated heterocycles. The molecule has 0 radical (unpaired) electrons. The molecule has 0 N–H and O–H groups in total. The molecule has 1 aromatic carbocycles. The van der Waals surface area contributed by atoms with Crippen LogP contribution < -0.4 is 0 Å². The van der Waals surface area contributed by atoms with Crippen molar-refractivity contribution in [1.29, 1.82) is 0 Å². The van der Waals surface area contributed by atoms with E-state index < -0.39 is 17.5 Å². The van der Waals surface area contributed by atoms with Crippen LogP contribution in [0, 0.1) is 5.82 Å². The molecule has 20 heavy (non-hydrogen) atoms. The van der Waals surface area contributed by atoms with E-state index >= 15 is 0 Å². The number of hydrogen-bond acceptors (Lipinski definition) is 3. The fraction of sp³-hybridized carbons (Fsp3) is 0.533. The average molecular weight is 278 g/mol. The summed E-state index contributed by atoms with van der Waals surface area (Å²) in [4.78, 5) is 0. The van der Waals surface area contributed by atoms with Gasteiger partial charge in [0.1, 0.15) is 11.3 Å². The summed E-state index contributed by atoms with van der Waals surface area (Å²) >= 11 is 0. The van der Waals surface area contributed by atoms with E-state index in [0.29, 0.717) is 11.1 Å². The normalized spacial score (nSPS) is 21.7. The van der Waals surface area contributed by atoms with Crippen LogP contribution >= 0.6 is 0 Å². The highest BCUT2D eigenvalue weighted by molar-refractivity contribution is 5.80. The van der Waals surface area contributed by atoms with Crippen molar-refractivity contribution in [3.05, 3.63) is 29.7 Å². The number of ether oxygens (including phenoxy) is 2. The lowest BCUT2D eigenvalue weighted by molar-refractivity contribution is -0.0896. The van der Waals surface area contributed by atoms with Crippen molar-refractivity contribution >= 4 is 10.9 Å². The minimum absolute atomic E-state index is 0.313. The van der Waals surface area contributed by atoms with Gasteiger partial charge in [-0.2, -0.15) is 5.10 Å². The van der Waals surface area contributed by atoms with E-state index in [0.717, 1.165) is 5.39 Å². The molecule has 2 heterocycles. The van der Waals surface area contributed by atoms with Crippen LogP contribution in [0.3, 0.4) is 0 Å². The first kappa shape index (κ1) is 13.5. The average Bonchev–Trinajstić information content (AvgIpc) is 2.78. The van der Waals surface area contributed by atoms with Crippen molar-refractivity contribution in [3.8, 4) is 0 Å². The SMILES string of the molecule is Cn1ncc2cc(C3OC(C)(C)C(C)(C)O3)cc(F)c21. The van der Waals surface area contributed by atoms with Gasteiger partial charge in [0.2, 0.25) is 0 Å². The quantitative estimate of drug-likeness (QED) is 0.803. The Bertz CT molecular complexity index is 660. The maximum Gasteiger partial charge on any atom is 0.185 e. The fourth-order valence-electron chi connectivity index (χ4n) is 2.40. The first-order valence-corrected chi connectivity index (χ1v) is 6.68. The first-order chi connectivity index (χ1) is 9.21. The third-order valence-electron chi connectivity index (χ3n) is 4.33. The largest absolute Gasteiger partial charge is 0.339 e. The topological polar surface area (TPSA) is 36.3 Å². The van der Waals surface area contributed by atoms with Crippen molar-refractivity contribution in [2.24, 2.45) is 7.05 Å². The molecule has 1 aromatic heterocycles. The van der Waals surface area contributed by atoms with Gasteiger partial charge in [-0.05, 0) is 39.8 Å². The molecule has 0 atom stereocenters. The molecule has 0 amide bonds. The van der Waals surface area contributed by atoms with Gasteiger partial charge in [0.25, 0.3) is 0 Å². The van der Waals surface area contributed by atoms with Crippen molar-refractivity contribution in [2.45, 2.75) is 45.2 Å². The maximum atomic E-state index is 14.2. The van der Waals surface area contributed by atoms with Gasteiger partial charge in [-0.15, -0.1) is 0 Å². The highest BCUT2D eigenvalue weighted by atomic mass is 19.1. The zero-order chi connectivity index (χ0) is 14.7. The lowest BCUT2D eigenvalue weighted by atomic mass is 9.90. The molecule has 108 valence electrons. The molecule has 1 aliphatic rings. The van der Waals surface area contributed by atoms with E-state index in [4.69, 9.17) is 9.47 Å². The Morgan fingerprint density at radius 1 is 1.15 bits per heavy atom. The molecule has 1 aliphatic heterocycles. The standard InChI is InChI=1S/C15H19FN2O2/c1-14(2)15(3,4)20-13(19-14)9-6-10-8-17-18(5)12(10)11(16)7-9/h6-8,13H,1-5H3. The van der Waals surface area contributed by atoms with E-state index in [1.807, 2.05) is 33.8 Å². The molecule has 0 bridgehead atoms. The van der Waals surface area contributed by atoms with Crippen molar-refractivity contribution in [3.63, 3.8) is 0 Å². The minimum Gasteiger partial charge on any atom is -0.339 e. The zero-order valence-electron chi connectivity index (χ0n) is 12.4. The van der Waals surface area contributed by atoms with Crippen molar-refractivity contribution in [2.75, 3.05) is 0 Å². The number of hydrogen-bond donors (Lipinski definition) is 0. The Kier molecular flexibility index (Phi) is 2.72. The van der Waals surface area contributed by atoms with E-state index in [9.17, 15) is 4.39 Å². The van der Waals surface area contributed by atoms with Gasteiger partial charge < -0.3 is 9.47 Å². The first-order valence-electron chi connectivity index (χ1n) is 6.68. The molecule has 3 rings (SSSR count). The summed E-state index contributed by atoms with van der Waals surface area (Å²) in [5.41, 5.74) is 0.308. The third-order valence-corrected chi connectivity index (χ3v) is 4.33. The Morgan fingerprint density at radius 3 is 2.35 bits per heavy atom. The Labute approximate surface area is 117 Å². The van der Waals surface area contributed by atoms with Gasteiger partial charge in [0, 0.05) is 18.0 Å². The maximum absolute atomic E-state index is 14.2. The number of aromatic nitrogens is 2. The second kappa shape index (κ2) is 4.02. The molecular weight excluding hydrogens is 259 g/mol. The van der Waals surface area contributed by atoms with Crippen LogP contribution in [0.2, 0.25) is 0 Å². The van der Waals surface area contributed by atoms with Gasteiger partial charge >= 0.3 is 0 Å². The van der Waals surface area contributed by atoms with Gasteiger partial charge in [0.15, 0.2) is 6.29 Å². The van der Waals surface area contributed by atoms with Crippen LogP contribution in [0.5, 0.6) is 0 Å². The second-order valence-corrected chi connectivity index (χ2v) is 6.30. The lowest BCUT2D eigenvalue weighted by Gasteiger charge is -2.30. The number of fused-ring (bicyclic) bond motifs is 1. The van der Waals surface area contributed by atoms with Crippen LogP contribution in [-0.2, 0) is 16.5 Å². The Balaban J connectivity index is 2.04. The molecule has 5 heteroatoms. The molecule has 1 fully saturated rings. The third kappa shape index (κ3) is 1.84. The zero-order valence-corrected chi connectivity index (χ0v) is 12.4. The molecule has 0 spiro atoms. The number of halogens is 1. The summed E-state index contributed by atoms with van der Waals surface area (Å²) < 4.78 is 27.6. The summed E-state index contributed by atoms with van der Waals surface area (Å²) in [6.45, 7) is 7.91. The van der Waals surface area contributed by atoms with Crippen molar-refractivity contribution in [1.82, 2.24) is 9.78 Å². The monoisotopic (exact) mass is 278 g/mol. The summed E-state index contributed by atoms with van der Waals surface area (Å²) in [7, 11) is 1.72. The number of rotatable bonds is 1. The predicted molar refractivity (Wildman–Crippen MR) is 73.7 cm³/mol. The molecule has 0 aliphatic carbocycles. The smallest absolute Gasteiger partial charge is 0.185 e. The molecule has 0 saturated carbocycles. The number of benzene rings is 1. The molecule has 4 nitrogen and oxygen atoms in total. The van der Waals surface area contributed by atoms with Crippen molar-refractivity contribution < 1.29 is 13.9 Å². The van der Waals surface area contributed by atoms with E-state index in [1.165, 1.54) is 10.7 Å². The molecule has 0 unspecified atom stereocenters. The van der Waals surface area contributed by atoms with Crippen LogP contribution in [0.4, 0.5) is 4.39 Å². The summed E-state index contributed by atoms with van der Waals surface area (Å²) in [5, 5.41) is 4.82. The van der Waals surface area contributed by atoms with E-state index in [-0.39, 0.29) is 5.82 Å². The highest BCUT2D eigenvalue weighted by Gasteiger charge is 2.49.